The topological polar surface area (TPSA) is 58.7 Å². The van der Waals surface area contributed by atoms with Gasteiger partial charge in [0.2, 0.25) is 0 Å². The third kappa shape index (κ3) is 0.889. The van der Waals surface area contributed by atoms with E-state index < -0.39 is 0 Å². The van der Waals surface area contributed by atoms with Crippen molar-refractivity contribution in [3.8, 4) is 0 Å². The molecule has 1 heterocycles. The van der Waals surface area contributed by atoms with Gasteiger partial charge in [-0.25, -0.2) is 0 Å². The summed E-state index contributed by atoms with van der Waals surface area (Å²) in [5.74, 6) is 0. The maximum Gasteiger partial charge on any atom is 0.124 e. The van der Waals surface area contributed by atoms with Gasteiger partial charge in [-0.05, 0) is 0 Å². The lowest BCUT2D eigenvalue weighted by Gasteiger charge is -2.06. The highest BCUT2D eigenvalue weighted by Gasteiger charge is 2.17. The molecule has 0 aromatic heterocycles. The monoisotopic (exact) mass is 104 g/mol. The summed E-state index contributed by atoms with van der Waals surface area (Å²) < 4.78 is 4.72. The second-order valence-corrected chi connectivity index (χ2v) is 1.51. The van der Waals surface area contributed by atoms with Gasteiger partial charge in [0.15, 0.2) is 0 Å². The van der Waals surface area contributed by atoms with E-state index in [0.717, 1.165) is 5.06 Å². The van der Waals surface area contributed by atoms with Crippen LogP contribution in [0, 0.1) is 0 Å². The summed E-state index contributed by atoms with van der Waals surface area (Å²) in [6.45, 7) is 0.664. The van der Waals surface area contributed by atoms with E-state index in [-0.39, 0.29) is 12.9 Å². The standard InChI is InChI=1S/C3H8N2O2/c4-3-1-7-2-5(3)6/h3,6H,1-2,4H2/t3-/m1/s1. The van der Waals surface area contributed by atoms with Crippen molar-refractivity contribution in [3.05, 3.63) is 0 Å². The van der Waals surface area contributed by atoms with Crippen LogP contribution in [0.4, 0.5) is 0 Å². The lowest BCUT2D eigenvalue weighted by molar-refractivity contribution is -0.120. The third-order valence-corrected chi connectivity index (χ3v) is 0.895. The maximum atomic E-state index is 8.58. The van der Waals surface area contributed by atoms with Crippen LogP contribution in [0.1, 0.15) is 0 Å². The zero-order valence-corrected chi connectivity index (χ0v) is 3.87. The Hall–Kier alpha value is -0.160. The molecular weight excluding hydrogens is 96.0 g/mol. The zero-order chi connectivity index (χ0) is 5.28. The molecule has 1 aliphatic rings. The van der Waals surface area contributed by atoms with Crippen LogP contribution >= 0.6 is 0 Å². The molecule has 3 N–H and O–H groups in total. The summed E-state index contributed by atoms with van der Waals surface area (Å²) in [5, 5.41) is 9.54. The highest BCUT2D eigenvalue weighted by Crippen LogP contribution is 1.97. The second kappa shape index (κ2) is 1.75. The van der Waals surface area contributed by atoms with Crippen molar-refractivity contribution in [2.24, 2.45) is 5.73 Å². The van der Waals surface area contributed by atoms with Crippen LogP contribution in [0.2, 0.25) is 0 Å². The lowest BCUT2D eigenvalue weighted by Crippen LogP contribution is -2.35. The van der Waals surface area contributed by atoms with Crippen LogP contribution < -0.4 is 5.73 Å². The quantitative estimate of drug-likeness (QED) is 0.411. The minimum atomic E-state index is -0.319. The highest BCUT2D eigenvalue weighted by molar-refractivity contribution is 4.57. The first kappa shape index (κ1) is 4.99. The van der Waals surface area contributed by atoms with E-state index in [1.165, 1.54) is 0 Å². The molecular formula is C3H8N2O2. The average Bonchev–Trinajstić information content (AvgIpc) is 1.91. The van der Waals surface area contributed by atoms with Crippen LogP contribution in [0.5, 0.6) is 0 Å². The summed E-state index contributed by atoms with van der Waals surface area (Å²) in [4.78, 5) is 0. The van der Waals surface area contributed by atoms with Crippen molar-refractivity contribution in [1.29, 1.82) is 0 Å². The minimum Gasteiger partial charge on any atom is -0.361 e. The first-order chi connectivity index (χ1) is 3.30. The van der Waals surface area contributed by atoms with Crippen molar-refractivity contribution in [2.75, 3.05) is 13.3 Å². The van der Waals surface area contributed by atoms with Crippen LogP contribution in [0.15, 0.2) is 0 Å². The molecule has 1 saturated heterocycles. The van der Waals surface area contributed by atoms with E-state index in [4.69, 9.17) is 15.7 Å². The van der Waals surface area contributed by atoms with Crippen LogP contribution in [0.25, 0.3) is 0 Å². The molecule has 4 nitrogen and oxygen atoms in total. The van der Waals surface area contributed by atoms with Crippen LogP contribution in [0.3, 0.4) is 0 Å². The molecule has 0 unspecified atom stereocenters. The largest absolute Gasteiger partial charge is 0.361 e. The van der Waals surface area contributed by atoms with Gasteiger partial charge in [0, 0.05) is 0 Å². The Labute approximate surface area is 41.4 Å². The summed E-state index contributed by atoms with van der Waals surface area (Å²) >= 11 is 0. The summed E-state index contributed by atoms with van der Waals surface area (Å²) in [6.07, 6.45) is -0.319. The molecule has 0 aromatic carbocycles. The van der Waals surface area contributed by atoms with E-state index in [0.29, 0.717) is 6.61 Å². The molecule has 1 rings (SSSR count). The molecule has 1 aliphatic heterocycles. The molecule has 0 spiro atoms. The van der Waals surface area contributed by atoms with E-state index >= 15 is 0 Å². The van der Waals surface area contributed by atoms with Gasteiger partial charge in [0.25, 0.3) is 0 Å². The Balaban J connectivity index is 2.33. The van der Waals surface area contributed by atoms with Crippen molar-refractivity contribution < 1.29 is 9.94 Å². The van der Waals surface area contributed by atoms with E-state index in [1.54, 1.807) is 0 Å². The fourth-order valence-corrected chi connectivity index (χ4v) is 0.449. The van der Waals surface area contributed by atoms with Gasteiger partial charge >= 0.3 is 0 Å². The Morgan fingerprint density at radius 3 is 2.71 bits per heavy atom. The van der Waals surface area contributed by atoms with E-state index in [1.807, 2.05) is 0 Å². The normalized spacial score (nSPS) is 34.3. The Bertz CT molecular complexity index is 60.0. The smallest absolute Gasteiger partial charge is 0.124 e. The average molecular weight is 104 g/mol. The molecule has 7 heavy (non-hydrogen) atoms. The van der Waals surface area contributed by atoms with Crippen molar-refractivity contribution in [1.82, 2.24) is 5.06 Å². The fraction of sp³-hybridized carbons (Fsp3) is 1.00. The molecule has 4 heteroatoms. The van der Waals surface area contributed by atoms with Gasteiger partial charge in [-0.3, -0.25) is 0 Å². The minimum absolute atomic E-state index is 0.237. The van der Waals surface area contributed by atoms with Gasteiger partial charge in [-0.2, -0.15) is 0 Å². The zero-order valence-electron chi connectivity index (χ0n) is 3.87. The summed E-state index contributed by atoms with van der Waals surface area (Å²) in [7, 11) is 0. The predicted octanol–water partition coefficient (Wildman–Crippen LogP) is -1.05. The first-order valence-electron chi connectivity index (χ1n) is 2.09. The van der Waals surface area contributed by atoms with Crippen molar-refractivity contribution in [3.63, 3.8) is 0 Å². The van der Waals surface area contributed by atoms with Gasteiger partial charge in [-0.15, -0.1) is 5.06 Å². The summed E-state index contributed by atoms with van der Waals surface area (Å²) in [6, 6.07) is 0. The Morgan fingerprint density at radius 2 is 2.57 bits per heavy atom. The van der Waals surface area contributed by atoms with E-state index in [9.17, 15) is 0 Å². The van der Waals surface area contributed by atoms with Crippen LogP contribution in [-0.4, -0.2) is 29.8 Å². The number of nitrogens with two attached hydrogens (primary N) is 1. The Kier molecular flexibility index (Phi) is 1.25. The van der Waals surface area contributed by atoms with E-state index in [2.05, 4.69) is 0 Å². The number of hydroxylamine groups is 2. The fourth-order valence-electron chi connectivity index (χ4n) is 0.449. The first-order valence-corrected chi connectivity index (χ1v) is 2.09. The maximum absolute atomic E-state index is 8.58. The molecule has 0 amide bonds. The van der Waals surface area contributed by atoms with Gasteiger partial charge < -0.3 is 15.7 Å². The van der Waals surface area contributed by atoms with Crippen LogP contribution in [-0.2, 0) is 4.74 Å². The molecule has 1 fully saturated rings. The van der Waals surface area contributed by atoms with Crippen molar-refractivity contribution >= 4 is 0 Å². The third-order valence-electron chi connectivity index (χ3n) is 0.895. The second-order valence-electron chi connectivity index (χ2n) is 1.51. The lowest BCUT2D eigenvalue weighted by atomic mass is 10.6. The molecule has 1 atom stereocenters. The molecule has 0 radical (unpaired) electrons. The number of nitrogens with zero attached hydrogens (tertiary/aromatic N) is 1. The van der Waals surface area contributed by atoms with Crippen molar-refractivity contribution in [2.45, 2.75) is 6.17 Å². The number of hydrogen-bond acceptors (Lipinski definition) is 4. The number of rotatable bonds is 0. The predicted molar refractivity (Wildman–Crippen MR) is 22.4 cm³/mol. The summed E-state index contributed by atoms with van der Waals surface area (Å²) in [5.41, 5.74) is 5.23. The SMILES string of the molecule is N[C@H]1COCN1O. The number of hydrogen-bond donors (Lipinski definition) is 2. The Morgan fingerprint density at radius 1 is 1.86 bits per heavy atom. The van der Waals surface area contributed by atoms with Gasteiger partial charge in [0.1, 0.15) is 12.9 Å². The van der Waals surface area contributed by atoms with Gasteiger partial charge in [-0.1, -0.05) is 0 Å². The van der Waals surface area contributed by atoms with Gasteiger partial charge in [0.05, 0.1) is 6.61 Å². The molecule has 0 saturated carbocycles. The number of ether oxygens (including phenoxy) is 1. The molecule has 0 aliphatic carbocycles. The molecule has 0 bridgehead atoms. The highest BCUT2D eigenvalue weighted by atomic mass is 16.6. The molecule has 42 valence electrons. The molecule has 0 aromatic rings.